The molecule has 0 radical (unpaired) electrons. The normalized spacial score (nSPS) is 10.8. The van der Waals surface area contributed by atoms with Gasteiger partial charge in [-0.1, -0.05) is 55.6 Å². The fourth-order valence-electron chi connectivity index (χ4n) is 3.02. The molecule has 3 rings (SSSR count). The van der Waals surface area contributed by atoms with Crippen molar-refractivity contribution in [1.82, 2.24) is 20.6 Å². The molecule has 3 aromatic rings. The zero-order chi connectivity index (χ0) is 21.7. The molecule has 0 spiro atoms. The molecule has 0 saturated carbocycles. The lowest BCUT2D eigenvalue weighted by molar-refractivity contribution is 0.0841. The van der Waals surface area contributed by atoms with E-state index in [9.17, 15) is 18.8 Å². The highest BCUT2D eigenvalue weighted by molar-refractivity contribution is 6.33. The van der Waals surface area contributed by atoms with Crippen LogP contribution in [0.2, 0.25) is 5.02 Å². The second kappa shape index (κ2) is 9.49. The molecule has 0 aliphatic heterocycles. The zero-order valence-corrected chi connectivity index (χ0v) is 17.0. The molecular weight excluding hydrogens is 411 g/mol. The van der Waals surface area contributed by atoms with Crippen LogP contribution in [0.4, 0.5) is 4.39 Å². The Bertz CT molecular complexity index is 1140. The van der Waals surface area contributed by atoms with E-state index in [4.69, 9.17) is 11.6 Å². The number of halogens is 2. The van der Waals surface area contributed by atoms with Gasteiger partial charge in [0.05, 0.1) is 16.0 Å². The van der Waals surface area contributed by atoms with Gasteiger partial charge in [-0.25, -0.2) is 9.07 Å². The number of hydrogen-bond acceptors (Lipinski definition) is 4. The summed E-state index contributed by atoms with van der Waals surface area (Å²) in [6.45, 7) is 2.41. The molecule has 0 fully saturated rings. The molecule has 9 heteroatoms. The van der Waals surface area contributed by atoms with Gasteiger partial charge in [0.1, 0.15) is 5.82 Å². The highest BCUT2D eigenvalue weighted by Crippen LogP contribution is 2.18. The van der Waals surface area contributed by atoms with Crippen molar-refractivity contribution in [3.63, 3.8) is 0 Å². The molecule has 2 amide bonds. The van der Waals surface area contributed by atoms with Crippen LogP contribution in [-0.2, 0) is 6.54 Å². The van der Waals surface area contributed by atoms with Crippen LogP contribution in [0.1, 0.15) is 47.0 Å². The Labute approximate surface area is 176 Å². The lowest BCUT2D eigenvalue weighted by Crippen LogP contribution is -2.43. The van der Waals surface area contributed by atoms with Crippen molar-refractivity contribution in [2.45, 2.75) is 32.7 Å². The fourth-order valence-corrected chi connectivity index (χ4v) is 3.26. The number of aryl methyl sites for hydroxylation is 1. The minimum absolute atomic E-state index is 0.0263. The second-order valence-corrected chi connectivity index (χ2v) is 7.04. The Kier molecular flexibility index (Phi) is 6.79. The maximum Gasteiger partial charge on any atom is 0.290 e. The van der Waals surface area contributed by atoms with Gasteiger partial charge in [-0.15, -0.1) is 0 Å². The monoisotopic (exact) mass is 430 g/mol. The van der Waals surface area contributed by atoms with Crippen LogP contribution in [0.5, 0.6) is 0 Å². The maximum atomic E-state index is 13.9. The number of hydrazine groups is 1. The van der Waals surface area contributed by atoms with Crippen LogP contribution in [-0.4, -0.2) is 21.6 Å². The van der Waals surface area contributed by atoms with Crippen LogP contribution in [0, 0.1) is 5.82 Å². The van der Waals surface area contributed by atoms with E-state index in [0.717, 1.165) is 25.3 Å². The predicted octanol–water partition coefficient (Wildman–Crippen LogP) is 3.45. The van der Waals surface area contributed by atoms with Crippen LogP contribution in [0.15, 0.2) is 47.3 Å². The molecule has 2 aromatic carbocycles. The third-order valence-corrected chi connectivity index (χ3v) is 4.85. The predicted molar refractivity (Wildman–Crippen MR) is 112 cm³/mol. The maximum absolute atomic E-state index is 13.9. The van der Waals surface area contributed by atoms with Crippen molar-refractivity contribution < 1.29 is 14.0 Å². The lowest BCUT2D eigenvalue weighted by atomic mass is 10.1. The Hall–Kier alpha value is -3.26. The number of rotatable bonds is 6. The van der Waals surface area contributed by atoms with Gasteiger partial charge in [-0.2, -0.15) is 5.10 Å². The number of hydrogen-bond donors (Lipinski definition) is 2. The van der Waals surface area contributed by atoms with Gasteiger partial charge in [0.2, 0.25) is 0 Å². The van der Waals surface area contributed by atoms with E-state index in [1.165, 1.54) is 16.8 Å². The number of amides is 2. The lowest BCUT2D eigenvalue weighted by Gasteiger charge is -2.12. The molecular formula is C21H20ClFN4O3. The first-order valence-corrected chi connectivity index (χ1v) is 9.86. The molecule has 30 heavy (non-hydrogen) atoms. The summed E-state index contributed by atoms with van der Waals surface area (Å²) in [6.07, 6.45) is 2.63. The molecule has 0 saturated heterocycles. The zero-order valence-electron chi connectivity index (χ0n) is 16.2. The number of benzene rings is 2. The van der Waals surface area contributed by atoms with Gasteiger partial charge in [0, 0.05) is 11.9 Å². The minimum atomic E-state index is -0.910. The quantitative estimate of drug-likeness (QED) is 0.462. The van der Waals surface area contributed by atoms with Crippen molar-refractivity contribution in [2.75, 3.05) is 0 Å². The van der Waals surface area contributed by atoms with Crippen LogP contribution < -0.4 is 16.4 Å². The third-order valence-electron chi connectivity index (χ3n) is 4.54. The van der Waals surface area contributed by atoms with Crippen molar-refractivity contribution in [1.29, 1.82) is 0 Å². The van der Waals surface area contributed by atoms with E-state index < -0.39 is 17.6 Å². The van der Waals surface area contributed by atoms with E-state index in [-0.39, 0.29) is 21.8 Å². The SMILES string of the molecule is CCCCCn1nc(C(=O)NNC(=O)c2c(F)cccc2Cl)c2ccccc2c1=O. The Morgan fingerprint density at radius 3 is 2.43 bits per heavy atom. The summed E-state index contributed by atoms with van der Waals surface area (Å²) in [6, 6.07) is 10.4. The number of carbonyl (C=O) groups excluding carboxylic acids is 2. The topological polar surface area (TPSA) is 93.1 Å². The standard InChI is InChI=1S/C21H20ClFN4O3/c1-2-3-6-12-27-21(30)14-9-5-4-8-13(14)18(26-27)20(29)25-24-19(28)17-15(22)10-7-11-16(17)23/h4-5,7-11H,2-3,6,12H2,1H3,(H,24,28)(H,25,29). The summed E-state index contributed by atoms with van der Waals surface area (Å²) in [5, 5.41) is 4.81. The van der Waals surface area contributed by atoms with Crippen LogP contribution in [0.25, 0.3) is 10.8 Å². The van der Waals surface area contributed by atoms with E-state index in [1.54, 1.807) is 24.3 Å². The summed E-state index contributed by atoms with van der Waals surface area (Å²) in [5.41, 5.74) is 3.65. The third kappa shape index (κ3) is 4.49. The molecule has 7 nitrogen and oxygen atoms in total. The largest absolute Gasteiger partial charge is 0.290 e. The van der Waals surface area contributed by atoms with Crippen LogP contribution >= 0.6 is 11.6 Å². The average Bonchev–Trinajstić information content (AvgIpc) is 2.73. The summed E-state index contributed by atoms with van der Waals surface area (Å²) in [5.74, 6) is -2.47. The van der Waals surface area contributed by atoms with Gasteiger partial charge in [-0.05, 0) is 24.6 Å². The number of unbranched alkanes of at least 4 members (excludes halogenated alkanes) is 2. The Morgan fingerprint density at radius 1 is 1.03 bits per heavy atom. The van der Waals surface area contributed by atoms with E-state index in [2.05, 4.69) is 16.0 Å². The van der Waals surface area contributed by atoms with Crippen molar-refractivity contribution in [3.8, 4) is 0 Å². The Morgan fingerprint density at radius 2 is 1.73 bits per heavy atom. The first-order valence-electron chi connectivity index (χ1n) is 9.48. The number of nitrogens with one attached hydrogen (secondary N) is 2. The molecule has 1 heterocycles. The number of carbonyl (C=O) groups is 2. The van der Waals surface area contributed by atoms with E-state index in [0.29, 0.717) is 17.3 Å². The Balaban J connectivity index is 1.88. The molecule has 0 bridgehead atoms. The fraction of sp³-hybridized carbons (Fsp3) is 0.238. The molecule has 0 atom stereocenters. The highest BCUT2D eigenvalue weighted by Gasteiger charge is 2.19. The first kappa shape index (κ1) is 21.4. The van der Waals surface area contributed by atoms with Crippen molar-refractivity contribution in [3.05, 3.63) is 74.9 Å². The molecule has 1 aromatic heterocycles. The van der Waals surface area contributed by atoms with Gasteiger partial charge < -0.3 is 0 Å². The molecule has 0 unspecified atom stereocenters. The van der Waals surface area contributed by atoms with E-state index in [1.807, 2.05) is 6.92 Å². The summed E-state index contributed by atoms with van der Waals surface area (Å²) < 4.78 is 15.1. The molecule has 0 aliphatic rings. The number of aromatic nitrogens is 2. The van der Waals surface area contributed by atoms with Crippen LogP contribution in [0.3, 0.4) is 0 Å². The summed E-state index contributed by atoms with van der Waals surface area (Å²) >= 11 is 5.87. The van der Waals surface area contributed by atoms with Gasteiger partial charge in [-0.3, -0.25) is 25.2 Å². The number of nitrogens with zero attached hydrogens (tertiary/aromatic N) is 2. The molecule has 2 N–H and O–H groups in total. The van der Waals surface area contributed by atoms with Crippen molar-refractivity contribution >= 4 is 34.2 Å². The average molecular weight is 431 g/mol. The first-order chi connectivity index (χ1) is 14.4. The summed E-state index contributed by atoms with van der Waals surface area (Å²) in [4.78, 5) is 37.6. The van der Waals surface area contributed by atoms with Gasteiger partial charge in [0.15, 0.2) is 5.69 Å². The highest BCUT2D eigenvalue weighted by atomic mass is 35.5. The van der Waals surface area contributed by atoms with Gasteiger partial charge >= 0.3 is 0 Å². The van der Waals surface area contributed by atoms with Gasteiger partial charge in [0.25, 0.3) is 17.4 Å². The van der Waals surface area contributed by atoms with Crippen molar-refractivity contribution in [2.24, 2.45) is 0 Å². The second-order valence-electron chi connectivity index (χ2n) is 6.63. The summed E-state index contributed by atoms with van der Waals surface area (Å²) in [7, 11) is 0. The van der Waals surface area contributed by atoms with E-state index >= 15 is 0 Å². The minimum Gasteiger partial charge on any atom is -0.267 e. The number of fused-ring (bicyclic) bond motifs is 1. The molecule has 0 aliphatic carbocycles. The molecule has 156 valence electrons. The smallest absolute Gasteiger partial charge is 0.267 e.